The van der Waals surface area contributed by atoms with Gasteiger partial charge in [0.2, 0.25) is 0 Å². The number of nitrogens with one attached hydrogen (secondary N) is 1. The monoisotopic (exact) mass is 437 g/mol. The third-order valence-electron chi connectivity index (χ3n) is 5.51. The Morgan fingerprint density at radius 1 is 1.00 bits per heavy atom. The van der Waals surface area contributed by atoms with Crippen LogP contribution in [0.25, 0.3) is 27.5 Å². The van der Waals surface area contributed by atoms with Gasteiger partial charge in [-0.05, 0) is 48.7 Å². The van der Waals surface area contributed by atoms with Gasteiger partial charge in [0.1, 0.15) is 11.8 Å². The molecule has 162 valence electrons. The molecular formula is C25H19N5O3. The van der Waals surface area contributed by atoms with Gasteiger partial charge in [-0.1, -0.05) is 30.3 Å². The Labute approximate surface area is 188 Å². The van der Waals surface area contributed by atoms with E-state index in [9.17, 15) is 14.7 Å². The van der Waals surface area contributed by atoms with Crippen molar-refractivity contribution in [1.29, 1.82) is 0 Å². The van der Waals surface area contributed by atoms with Gasteiger partial charge in [0, 0.05) is 17.6 Å². The lowest BCUT2D eigenvalue weighted by molar-refractivity contribution is 0.0699. The van der Waals surface area contributed by atoms with E-state index >= 15 is 0 Å². The lowest BCUT2D eigenvalue weighted by Gasteiger charge is -2.22. The van der Waals surface area contributed by atoms with Crippen molar-refractivity contribution in [2.24, 2.45) is 0 Å². The third-order valence-corrected chi connectivity index (χ3v) is 5.51. The fraction of sp³-hybridized carbons (Fsp3) is 0.0800. The number of carboxylic acids is 1. The fourth-order valence-corrected chi connectivity index (χ4v) is 4.00. The summed E-state index contributed by atoms with van der Waals surface area (Å²) in [5, 5.41) is 13.7. The Hall–Kier alpha value is -4.59. The Bertz CT molecular complexity index is 1560. The molecule has 0 amide bonds. The highest BCUT2D eigenvalue weighted by Gasteiger charge is 2.20. The topological polar surface area (TPSA) is 110 Å². The predicted octanol–water partition coefficient (Wildman–Crippen LogP) is 4.20. The molecule has 5 aromatic rings. The van der Waals surface area contributed by atoms with Gasteiger partial charge in [-0.3, -0.25) is 14.3 Å². The maximum Gasteiger partial charge on any atom is 0.336 e. The molecule has 0 saturated carbocycles. The number of hydrogen-bond donors (Lipinski definition) is 2. The van der Waals surface area contributed by atoms with E-state index in [1.54, 1.807) is 29.0 Å². The molecule has 0 aliphatic heterocycles. The van der Waals surface area contributed by atoms with Gasteiger partial charge in [0.05, 0.1) is 22.5 Å². The Morgan fingerprint density at radius 2 is 1.82 bits per heavy atom. The Morgan fingerprint density at radius 3 is 2.61 bits per heavy atom. The lowest BCUT2D eigenvalue weighted by Crippen LogP contribution is -2.26. The number of aromatic nitrogens is 4. The Kier molecular flexibility index (Phi) is 5.02. The van der Waals surface area contributed by atoms with Gasteiger partial charge in [0.15, 0.2) is 5.82 Å². The number of carbonyl (C=O) groups is 1. The lowest BCUT2D eigenvalue weighted by atomic mass is 10.0. The highest BCUT2D eigenvalue weighted by Crippen LogP contribution is 2.27. The van der Waals surface area contributed by atoms with E-state index in [0.717, 1.165) is 0 Å². The van der Waals surface area contributed by atoms with Crippen LogP contribution in [-0.2, 0) is 0 Å². The summed E-state index contributed by atoms with van der Waals surface area (Å²) in [6.45, 7) is 1.91. The average Bonchev–Trinajstić information content (AvgIpc) is 2.84. The molecule has 0 fully saturated rings. The number of benzene rings is 2. The molecule has 0 spiro atoms. The fourth-order valence-electron chi connectivity index (χ4n) is 4.00. The molecule has 1 atom stereocenters. The average molecular weight is 437 g/mol. The van der Waals surface area contributed by atoms with Gasteiger partial charge < -0.3 is 10.4 Å². The molecule has 0 aliphatic carbocycles. The van der Waals surface area contributed by atoms with E-state index in [1.807, 2.05) is 49.4 Å². The van der Waals surface area contributed by atoms with E-state index in [2.05, 4.69) is 20.3 Å². The summed E-state index contributed by atoms with van der Waals surface area (Å²) in [5.41, 5.74) is 2.19. The molecule has 0 unspecified atom stereocenters. The second-order valence-corrected chi connectivity index (χ2v) is 7.58. The zero-order valence-electron chi connectivity index (χ0n) is 17.6. The van der Waals surface area contributed by atoms with Crippen LogP contribution >= 0.6 is 0 Å². The van der Waals surface area contributed by atoms with Crippen LogP contribution < -0.4 is 10.9 Å². The summed E-state index contributed by atoms with van der Waals surface area (Å²) in [6, 6.07) is 19.1. The molecule has 2 aromatic carbocycles. The van der Waals surface area contributed by atoms with E-state index in [4.69, 9.17) is 0 Å². The van der Waals surface area contributed by atoms with Crippen LogP contribution in [0.3, 0.4) is 0 Å². The number of hydrogen-bond acceptors (Lipinski definition) is 6. The highest BCUT2D eigenvalue weighted by molar-refractivity contribution is 6.03. The van der Waals surface area contributed by atoms with Crippen LogP contribution in [0.1, 0.15) is 29.0 Å². The number of fused-ring (bicyclic) bond motifs is 2. The zero-order chi connectivity index (χ0) is 22.9. The summed E-state index contributed by atoms with van der Waals surface area (Å²) in [5.74, 6) is -0.602. The van der Waals surface area contributed by atoms with Gasteiger partial charge in [-0.2, -0.15) is 0 Å². The quantitative estimate of drug-likeness (QED) is 0.424. The largest absolute Gasteiger partial charge is 0.478 e. The van der Waals surface area contributed by atoms with Crippen molar-refractivity contribution in [2.45, 2.75) is 13.0 Å². The summed E-state index contributed by atoms with van der Waals surface area (Å²) >= 11 is 0. The summed E-state index contributed by atoms with van der Waals surface area (Å²) in [7, 11) is 0. The normalized spacial score (nSPS) is 12.0. The smallest absolute Gasteiger partial charge is 0.336 e. The molecule has 33 heavy (non-hydrogen) atoms. The molecule has 0 radical (unpaired) electrons. The first kappa shape index (κ1) is 20.3. The maximum absolute atomic E-state index is 13.7. The molecule has 5 rings (SSSR count). The summed E-state index contributed by atoms with van der Waals surface area (Å²) in [4.78, 5) is 38.5. The van der Waals surface area contributed by atoms with Crippen LogP contribution in [0.4, 0.5) is 5.82 Å². The van der Waals surface area contributed by atoms with Crippen molar-refractivity contribution in [3.8, 4) is 5.69 Å². The van der Waals surface area contributed by atoms with Gasteiger partial charge >= 0.3 is 5.97 Å². The minimum atomic E-state index is -1.14. The minimum absolute atomic E-state index is 0.0275. The van der Waals surface area contributed by atoms with E-state index < -0.39 is 11.5 Å². The van der Waals surface area contributed by atoms with Crippen molar-refractivity contribution < 1.29 is 9.90 Å². The molecule has 8 nitrogen and oxygen atoms in total. The van der Waals surface area contributed by atoms with Crippen LogP contribution in [0.5, 0.6) is 0 Å². The highest BCUT2D eigenvalue weighted by atomic mass is 16.4. The molecule has 0 saturated heterocycles. The molecule has 8 heteroatoms. The SMILES string of the molecule is C[C@H](Nc1ncnc2cccnc12)c1cc2cccc(C(=O)O)c2c(=O)n1-c1ccccc1. The van der Waals surface area contributed by atoms with Gasteiger partial charge in [-0.25, -0.2) is 14.8 Å². The second kappa shape index (κ2) is 8.16. The molecular weight excluding hydrogens is 418 g/mol. The Balaban J connectivity index is 1.73. The maximum atomic E-state index is 13.7. The first-order valence-electron chi connectivity index (χ1n) is 10.3. The number of aromatic carboxylic acids is 1. The van der Waals surface area contributed by atoms with Crippen LogP contribution in [0.15, 0.2) is 84.0 Å². The van der Waals surface area contributed by atoms with Gasteiger partial charge in [0.25, 0.3) is 5.56 Å². The standard InChI is InChI=1S/C25H19N5O3/c1-15(29-23-22-19(27-14-28-23)11-6-12-26-22)20-13-16-7-5-10-18(25(32)33)21(16)24(31)30(20)17-8-3-2-4-9-17/h2-15H,1H3,(H,32,33)(H,27,28,29)/t15-/m0/s1. The zero-order valence-corrected chi connectivity index (χ0v) is 17.6. The first-order valence-corrected chi connectivity index (χ1v) is 10.3. The number of pyridine rings is 2. The van der Waals surface area contributed by atoms with Crippen molar-refractivity contribution in [2.75, 3.05) is 5.32 Å². The summed E-state index contributed by atoms with van der Waals surface area (Å²) in [6.07, 6.45) is 3.13. The van der Waals surface area contributed by atoms with E-state index in [0.29, 0.717) is 33.6 Å². The van der Waals surface area contributed by atoms with E-state index in [1.165, 1.54) is 12.4 Å². The number of carboxylic acid groups (broad SMARTS) is 1. The minimum Gasteiger partial charge on any atom is -0.478 e. The molecule has 2 N–H and O–H groups in total. The number of rotatable bonds is 5. The summed E-state index contributed by atoms with van der Waals surface area (Å²) < 4.78 is 1.54. The van der Waals surface area contributed by atoms with Crippen LogP contribution in [-0.4, -0.2) is 30.6 Å². The first-order chi connectivity index (χ1) is 16.0. The second-order valence-electron chi connectivity index (χ2n) is 7.58. The van der Waals surface area contributed by atoms with Crippen molar-refractivity contribution in [1.82, 2.24) is 19.5 Å². The number of nitrogens with zero attached hydrogens (tertiary/aromatic N) is 4. The van der Waals surface area contributed by atoms with Crippen molar-refractivity contribution >= 4 is 33.6 Å². The van der Waals surface area contributed by atoms with Crippen molar-refractivity contribution in [3.05, 3.63) is 101 Å². The van der Waals surface area contributed by atoms with Crippen LogP contribution in [0.2, 0.25) is 0 Å². The number of para-hydroxylation sites is 1. The van der Waals surface area contributed by atoms with Gasteiger partial charge in [-0.15, -0.1) is 0 Å². The molecule has 0 aliphatic rings. The van der Waals surface area contributed by atoms with Crippen LogP contribution in [0, 0.1) is 0 Å². The molecule has 3 aromatic heterocycles. The molecule has 3 heterocycles. The number of anilines is 1. The third kappa shape index (κ3) is 3.57. The molecule has 0 bridgehead atoms. The van der Waals surface area contributed by atoms with Crippen molar-refractivity contribution in [3.63, 3.8) is 0 Å². The van der Waals surface area contributed by atoms with E-state index in [-0.39, 0.29) is 17.0 Å². The predicted molar refractivity (Wildman–Crippen MR) is 126 cm³/mol.